The summed E-state index contributed by atoms with van der Waals surface area (Å²) in [7, 11) is -7.24. The van der Waals surface area contributed by atoms with Gasteiger partial charge in [0, 0.05) is 37.6 Å². The average molecular weight is 771 g/mol. The van der Waals surface area contributed by atoms with Crippen LogP contribution in [-0.4, -0.2) is 69.7 Å². The third-order valence-electron chi connectivity index (χ3n) is 6.92. The van der Waals surface area contributed by atoms with Gasteiger partial charge >= 0.3 is 18.1 Å². The van der Waals surface area contributed by atoms with Gasteiger partial charge < -0.3 is 69.8 Å². The number of nitrogens with two attached hydrogens (primary N) is 6. The minimum absolute atomic E-state index is 0. The second kappa shape index (κ2) is 22.8. The van der Waals surface area contributed by atoms with E-state index < -0.39 is 18.1 Å². The number of nitrogen functional groups attached to an aromatic ring is 2. The summed E-state index contributed by atoms with van der Waals surface area (Å²) in [6.07, 6.45) is -0.665. The predicted octanol–water partition coefficient (Wildman–Crippen LogP) is 4.26. The smallest absolute Gasteiger partial charge is 0.471 e. The highest BCUT2D eigenvalue weighted by Gasteiger charge is 2.54. The zero-order valence-corrected chi connectivity index (χ0v) is 32.4. The molecule has 2 atom stereocenters. The van der Waals surface area contributed by atoms with E-state index in [2.05, 4.69) is 0 Å². The predicted molar refractivity (Wildman–Crippen MR) is 214 cm³/mol. The molecule has 0 saturated carbocycles. The number of anilines is 2. The number of benzene rings is 4. The van der Waals surface area contributed by atoms with E-state index in [9.17, 15) is 0 Å². The van der Waals surface area contributed by atoms with Crippen molar-refractivity contribution in [2.24, 2.45) is 22.9 Å². The maximum atomic E-state index is 6.17. The summed E-state index contributed by atoms with van der Waals surface area (Å²) in [5.41, 5.74) is 37.6. The fourth-order valence-electron chi connectivity index (χ4n) is 4.14. The van der Waals surface area contributed by atoms with Gasteiger partial charge in [-0.1, -0.05) is 42.8 Å². The van der Waals surface area contributed by atoms with Crippen LogP contribution in [0.3, 0.4) is 0 Å². The van der Waals surface area contributed by atoms with Gasteiger partial charge in [0.15, 0.2) is 0 Å². The van der Waals surface area contributed by atoms with E-state index in [0.29, 0.717) is 47.5 Å². The van der Waals surface area contributed by atoms with Crippen molar-refractivity contribution in [2.75, 3.05) is 50.9 Å². The quantitative estimate of drug-likeness (QED) is 0.0545. The zero-order chi connectivity index (χ0) is 38.0. The van der Waals surface area contributed by atoms with Crippen LogP contribution in [0, 0.1) is 13.8 Å². The minimum atomic E-state index is -3.68. The molecule has 4 rings (SSSR count). The summed E-state index contributed by atoms with van der Waals surface area (Å²) in [5, 5.41) is 0. The van der Waals surface area contributed by atoms with Crippen LogP contribution in [0.5, 0.6) is 23.0 Å². The lowest BCUT2D eigenvalue weighted by Crippen LogP contribution is -2.59. The highest BCUT2D eigenvalue weighted by Crippen LogP contribution is 2.26. The highest BCUT2D eigenvalue weighted by molar-refractivity contribution is 6.55. The molecule has 4 aromatic carbocycles. The van der Waals surface area contributed by atoms with Gasteiger partial charge in [-0.05, 0) is 100 Å². The first-order chi connectivity index (χ1) is 24.9. The lowest BCUT2D eigenvalue weighted by Gasteiger charge is -2.32. The van der Waals surface area contributed by atoms with Gasteiger partial charge in [0.2, 0.25) is 0 Å². The van der Waals surface area contributed by atoms with E-state index >= 15 is 0 Å². The van der Waals surface area contributed by atoms with Crippen molar-refractivity contribution in [1.29, 1.82) is 0 Å². The number of rotatable bonds is 20. The summed E-state index contributed by atoms with van der Waals surface area (Å²) < 4.78 is 48.1. The molecule has 0 aliphatic rings. The molecular weight excluding hydrogens is 713 g/mol. The molecule has 0 saturated heterocycles. The van der Waals surface area contributed by atoms with Crippen LogP contribution in [0.15, 0.2) is 97.1 Å². The maximum Gasteiger partial charge on any atom is 0.821 e. The summed E-state index contributed by atoms with van der Waals surface area (Å²) >= 11 is 0. The van der Waals surface area contributed by atoms with Gasteiger partial charge in [0.05, 0.1) is 25.4 Å². The van der Waals surface area contributed by atoms with Crippen molar-refractivity contribution in [3.8, 4) is 23.0 Å². The third kappa shape index (κ3) is 15.7. The lowest BCUT2D eigenvalue weighted by atomic mass is 10.2. The first kappa shape index (κ1) is 45.0. The van der Waals surface area contributed by atoms with Crippen LogP contribution < -0.4 is 52.1 Å². The van der Waals surface area contributed by atoms with Crippen LogP contribution in [0.1, 0.15) is 32.4 Å². The molecule has 0 bridgehead atoms. The molecule has 0 spiro atoms. The second-order valence-electron chi connectivity index (χ2n) is 11.8. The Balaban J connectivity index is 0.000000361. The molecule has 12 N–H and O–H groups in total. The minimum Gasteiger partial charge on any atom is -0.471 e. The van der Waals surface area contributed by atoms with Crippen molar-refractivity contribution in [1.82, 2.24) is 0 Å². The molecule has 4 aromatic rings. The van der Waals surface area contributed by atoms with Crippen molar-refractivity contribution in [2.45, 2.75) is 47.3 Å². The molecule has 2 unspecified atom stereocenters. The van der Waals surface area contributed by atoms with Crippen LogP contribution >= 0.6 is 0 Å². The number of aryl methyl sites for hydroxylation is 2. The maximum absolute atomic E-state index is 6.17. The molecule has 0 aromatic heterocycles. The van der Waals surface area contributed by atoms with E-state index in [0.717, 1.165) is 11.1 Å². The SMILES string of the molecule is C.Cc1ccc(O[Si](OCCN)(OCCN)Oc2ccc(N)cc2)cc1.Cc1ccc(O[Si](Oc2ccc(N)cc2)(OC(C)CN)OC(C)CN)cc1. The Hall–Kier alpha value is -4.21. The van der Waals surface area contributed by atoms with Crippen molar-refractivity contribution >= 4 is 29.5 Å². The van der Waals surface area contributed by atoms with Crippen LogP contribution in [0.4, 0.5) is 11.4 Å². The zero-order valence-electron chi connectivity index (χ0n) is 30.4. The topological polar surface area (TPSA) is 230 Å². The molecule has 0 aliphatic heterocycles. The molecule has 0 heterocycles. The lowest BCUT2D eigenvalue weighted by molar-refractivity contribution is -0.00406. The molecule has 14 nitrogen and oxygen atoms in total. The van der Waals surface area contributed by atoms with E-state index in [4.69, 9.17) is 69.8 Å². The van der Waals surface area contributed by atoms with Gasteiger partial charge in [0.1, 0.15) is 23.0 Å². The van der Waals surface area contributed by atoms with Crippen LogP contribution in [0.25, 0.3) is 0 Å². The summed E-state index contributed by atoms with van der Waals surface area (Å²) in [6.45, 7) is 9.33. The van der Waals surface area contributed by atoms with E-state index in [-0.39, 0.29) is 45.9 Å². The first-order valence-electron chi connectivity index (χ1n) is 17.0. The Morgan fingerprint density at radius 1 is 0.472 bits per heavy atom. The van der Waals surface area contributed by atoms with E-state index in [1.807, 2.05) is 76.2 Å². The molecule has 0 fully saturated rings. The average Bonchev–Trinajstić information content (AvgIpc) is 3.14. The standard InChI is InChI=1S/C19H29N3O4Si.C17H25N3O4Si.CH4/c1-14-4-8-18(9-5-14)25-27(23-15(2)12-20,24-16(3)13-21)26-19-10-6-17(22)7-11-19;1-14-2-6-16(7-3-14)23-25(21-12-10-18,22-13-11-19)24-17-8-4-15(20)5-9-17;/h4-11,15-16H,12-13,20-22H2,1-3H3;2-9H,10-13,18-20H2,1H3;1H4. The second-order valence-corrected chi connectivity index (χ2v) is 15.6. The van der Waals surface area contributed by atoms with Crippen molar-refractivity contribution in [3.05, 3.63) is 108 Å². The van der Waals surface area contributed by atoms with Gasteiger partial charge in [-0.3, -0.25) is 0 Å². The molecule has 0 radical (unpaired) electrons. The number of hydrogen-bond acceptors (Lipinski definition) is 14. The van der Waals surface area contributed by atoms with Gasteiger partial charge in [-0.25, -0.2) is 0 Å². The van der Waals surface area contributed by atoms with Crippen LogP contribution in [0.2, 0.25) is 0 Å². The molecule has 0 aliphatic carbocycles. The summed E-state index contributed by atoms with van der Waals surface area (Å²) in [6, 6.07) is 29.0. The molecule has 292 valence electrons. The fraction of sp³-hybridized carbons (Fsp3) is 0.351. The Bertz CT molecular complexity index is 1450. The molecule has 53 heavy (non-hydrogen) atoms. The highest BCUT2D eigenvalue weighted by atomic mass is 28.4. The van der Waals surface area contributed by atoms with Crippen molar-refractivity contribution in [3.63, 3.8) is 0 Å². The Kier molecular flexibility index (Phi) is 19.3. The van der Waals surface area contributed by atoms with Gasteiger partial charge in [0.25, 0.3) is 0 Å². The summed E-state index contributed by atoms with van der Waals surface area (Å²) in [5.74, 6) is 2.22. The van der Waals surface area contributed by atoms with Crippen molar-refractivity contribution < 1.29 is 35.4 Å². The monoisotopic (exact) mass is 770 g/mol. The normalized spacial score (nSPS) is 13.3. The Labute approximate surface area is 316 Å². The summed E-state index contributed by atoms with van der Waals surface area (Å²) in [4.78, 5) is 0. The molecule has 0 amide bonds. The Morgan fingerprint density at radius 3 is 1.04 bits per heavy atom. The largest absolute Gasteiger partial charge is 0.821 e. The Morgan fingerprint density at radius 2 is 0.755 bits per heavy atom. The van der Waals surface area contributed by atoms with Gasteiger partial charge in [-0.15, -0.1) is 0 Å². The van der Waals surface area contributed by atoms with Gasteiger partial charge in [-0.2, -0.15) is 0 Å². The van der Waals surface area contributed by atoms with E-state index in [1.165, 1.54) is 0 Å². The fourth-order valence-corrected chi connectivity index (χ4v) is 8.41. The third-order valence-corrected chi connectivity index (χ3v) is 11.4. The first-order valence-corrected chi connectivity index (χ1v) is 20.2. The number of hydrogen-bond donors (Lipinski definition) is 6. The molecular formula is C37H58N6O8Si2. The molecule has 16 heteroatoms. The van der Waals surface area contributed by atoms with E-state index in [1.54, 1.807) is 48.5 Å². The van der Waals surface area contributed by atoms with Crippen LogP contribution in [-0.2, 0) is 17.7 Å².